The molecule has 0 unspecified atom stereocenters. The van der Waals surface area contributed by atoms with Gasteiger partial charge in [-0.15, -0.1) is 0 Å². The first-order valence-corrected chi connectivity index (χ1v) is 8.30. The first-order valence-electron chi connectivity index (χ1n) is 7.92. The summed E-state index contributed by atoms with van der Waals surface area (Å²) in [4.78, 5) is 28.0. The summed E-state index contributed by atoms with van der Waals surface area (Å²) in [6.45, 7) is 0. The third-order valence-electron chi connectivity index (χ3n) is 3.75. The lowest BCUT2D eigenvalue weighted by Crippen LogP contribution is -2.17. The molecule has 2 aromatic carbocycles. The van der Waals surface area contributed by atoms with Crippen LogP contribution in [0.1, 0.15) is 15.9 Å². The summed E-state index contributed by atoms with van der Waals surface area (Å²) in [5.41, 5.74) is 2.60. The van der Waals surface area contributed by atoms with E-state index in [-0.39, 0.29) is 11.8 Å². The van der Waals surface area contributed by atoms with E-state index in [1.54, 1.807) is 55.7 Å². The molecule has 0 saturated heterocycles. The van der Waals surface area contributed by atoms with E-state index in [1.165, 1.54) is 6.08 Å². The number of rotatable bonds is 4. The van der Waals surface area contributed by atoms with Crippen molar-refractivity contribution >= 4 is 46.1 Å². The summed E-state index contributed by atoms with van der Waals surface area (Å²) in [6, 6.07) is 14.1. The molecule has 6 heteroatoms. The molecule has 0 aliphatic carbocycles. The smallest absolute Gasteiger partial charge is 0.251 e. The summed E-state index contributed by atoms with van der Waals surface area (Å²) in [7, 11) is 1.58. The Labute approximate surface area is 155 Å². The van der Waals surface area contributed by atoms with Crippen LogP contribution in [0.3, 0.4) is 0 Å². The fraction of sp³-hybridized carbons (Fsp3) is 0.0500. The van der Waals surface area contributed by atoms with Gasteiger partial charge in [-0.25, -0.2) is 0 Å². The molecule has 0 bridgehead atoms. The van der Waals surface area contributed by atoms with Crippen LogP contribution in [0.25, 0.3) is 17.0 Å². The number of benzene rings is 2. The Morgan fingerprint density at radius 1 is 1.12 bits per heavy atom. The van der Waals surface area contributed by atoms with Gasteiger partial charge in [0.1, 0.15) is 0 Å². The zero-order valence-electron chi connectivity index (χ0n) is 14.0. The fourth-order valence-corrected chi connectivity index (χ4v) is 2.71. The number of fused-ring (bicyclic) bond motifs is 1. The highest BCUT2D eigenvalue weighted by Gasteiger charge is 2.07. The molecule has 130 valence electrons. The average molecular weight is 366 g/mol. The summed E-state index contributed by atoms with van der Waals surface area (Å²) < 4.78 is 0. The summed E-state index contributed by atoms with van der Waals surface area (Å²) >= 11 is 6.10. The van der Waals surface area contributed by atoms with Gasteiger partial charge < -0.3 is 10.6 Å². The minimum Gasteiger partial charge on any atom is -0.355 e. The zero-order valence-corrected chi connectivity index (χ0v) is 14.7. The minimum atomic E-state index is -0.297. The van der Waals surface area contributed by atoms with E-state index in [9.17, 15) is 9.59 Å². The predicted molar refractivity (Wildman–Crippen MR) is 104 cm³/mol. The Morgan fingerprint density at radius 2 is 1.88 bits per heavy atom. The molecule has 2 amide bonds. The van der Waals surface area contributed by atoms with Crippen molar-refractivity contribution in [2.45, 2.75) is 0 Å². The van der Waals surface area contributed by atoms with Crippen molar-refractivity contribution in [1.82, 2.24) is 10.3 Å². The number of hydrogen-bond acceptors (Lipinski definition) is 3. The molecule has 5 nitrogen and oxygen atoms in total. The third-order valence-corrected chi connectivity index (χ3v) is 3.97. The lowest BCUT2D eigenvalue weighted by atomic mass is 10.1. The second-order valence-electron chi connectivity index (χ2n) is 5.55. The normalized spacial score (nSPS) is 10.8. The SMILES string of the molecule is CNC(=O)c1ccc(/C=C/C(=O)Nc2cc(Cl)cc3cccnc23)cc1. The topological polar surface area (TPSA) is 71.1 Å². The second kappa shape index (κ2) is 7.80. The number of nitrogens with one attached hydrogen (secondary N) is 2. The van der Waals surface area contributed by atoms with Crippen LogP contribution in [-0.2, 0) is 4.79 Å². The number of carbonyl (C=O) groups excluding carboxylic acids is 2. The standard InChI is InChI=1S/C20H16ClN3O2/c1-22-20(26)14-7-4-13(5-8-14)6-9-18(25)24-17-12-16(21)11-15-3-2-10-23-19(15)17/h2-12H,1H3,(H,22,26)(H,24,25)/b9-6+. The van der Waals surface area contributed by atoms with Crippen LogP contribution < -0.4 is 10.6 Å². The van der Waals surface area contributed by atoms with Crippen LogP contribution in [0, 0.1) is 0 Å². The number of pyridine rings is 1. The van der Waals surface area contributed by atoms with Crippen molar-refractivity contribution < 1.29 is 9.59 Å². The molecule has 3 aromatic rings. The van der Waals surface area contributed by atoms with Crippen LogP contribution in [0.2, 0.25) is 5.02 Å². The number of amides is 2. The summed E-state index contributed by atoms with van der Waals surface area (Å²) in [5.74, 6) is -0.451. The highest BCUT2D eigenvalue weighted by atomic mass is 35.5. The molecule has 2 N–H and O–H groups in total. The van der Waals surface area contributed by atoms with Crippen LogP contribution in [0.5, 0.6) is 0 Å². The quantitative estimate of drug-likeness (QED) is 0.689. The lowest BCUT2D eigenvalue weighted by Gasteiger charge is -2.07. The second-order valence-corrected chi connectivity index (χ2v) is 5.99. The molecular weight excluding hydrogens is 350 g/mol. The first kappa shape index (κ1) is 17.6. The number of carbonyl (C=O) groups is 2. The number of hydrogen-bond donors (Lipinski definition) is 2. The minimum absolute atomic E-state index is 0.154. The van der Waals surface area contributed by atoms with Gasteiger partial charge >= 0.3 is 0 Å². The van der Waals surface area contributed by atoms with E-state index >= 15 is 0 Å². The maximum Gasteiger partial charge on any atom is 0.251 e. The molecule has 0 saturated carbocycles. The van der Waals surface area contributed by atoms with Crippen LogP contribution in [-0.4, -0.2) is 23.8 Å². The van der Waals surface area contributed by atoms with E-state index in [4.69, 9.17) is 11.6 Å². The van der Waals surface area contributed by atoms with Gasteiger partial charge in [0.25, 0.3) is 5.91 Å². The number of nitrogens with zero attached hydrogens (tertiary/aromatic N) is 1. The number of anilines is 1. The average Bonchev–Trinajstić information content (AvgIpc) is 2.66. The molecule has 0 radical (unpaired) electrons. The monoisotopic (exact) mass is 365 g/mol. The van der Waals surface area contributed by atoms with Gasteiger partial charge in [-0.05, 0) is 42.0 Å². The largest absolute Gasteiger partial charge is 0.355 e. The van der Waals surface area contributed by atoms with Gasteiger partial charge in [0.2, 0.25) is 5.91 Å². The van der Waals surface area contributed by atoms with E-state index < -0.39 is 0 Å². The maximum absolute atomic E-state index is 12.2. The van der Waals surface area contributed by atoms with E-state index in [1.807, 2.05) is 12.1 Å². The Morgan fingerprint density at radius 3 is 2.62 bits per heavy atom. The fourth-order valence-electron chi connectivity index (χ4n) is 2.49. The number of halogens is 1. The van der Waals surface area contributed by atoms with Gasteiger partial charge in [-0.3, -0.25) is 14.6 Å². The third kappa shape index (κ3) is 4.07. The first-order chi connectivity index (χ1) is 12.6. The van der Waals surface area contributed by atoms with Crippen LogP contribution in [0.4, 0.5) is 5.69 Å². The van der Waals surface area contributed by atoms with Crippen molar-refractivity contribution in [2.24, 2.45) is 0 Å². The van der Waals surface area contributed by atoms with Gasteiger partial charge in [0, 0.05) is 35.3 Å². The van der Waals surface area contributed by atoms with Crippen LogP contribution >= 0.6 is 11.6 Å². The highest BCUT2D eigenvalue weighted by Crippen LogP contribution is 2.26. The molecule has 0 aliphatic heterocycles. The molecule has 26 heavy (non-hydrogen) atoms. The lowest BCUT2D eigenvalue weighted by molar-refractivity contribution is -0.111. The molecule has 0 atom stereocenters. The maximum atomic E-state index is 12.2. The Hall–Kier alpha value is -3.18. The predicted octanol–water partition coefficient (Wildman–Crippen LogP) is 3.90. The van der Waals surface area contributed by atoms with Crippen molar-refractivity contribution in [3.63, 3.8) is 0 Å². The number of aromatic nitrogens is 1. The van der Waals surface area contributed by atoms with Gasteiger partial charge in [0.05, 0.1) is 11.2 Å². The molecular formula is C20H16ClN3O2. The Bertz CT molecular complexity index is 998. The van der Waals surface area contributed by atoms with Gasteiger partial charge in [-0.2, -0.15) is 0 Å². The zero-order chi connectivity index (χ0) is 18.5. The highest BCUT2D eigenvalue weighted by molar-refractivity contribution is 6.32. The van der Waals surface area contributed by atoms with E-state index in [0.29, 0.717) is 21.8 Å². The van der Waals surface area contributed by atoms with Crippen molar-refractivity contribution in [3.8, 4) is 0 Å². The molecule has 1 heterocycles. The van der Waals surface area contributed by atoms with E-state index in [2.05, 4.69) is 15.6 Å². The Kier molecular flexibility index (Phi) is 5.29. The summed E-state index contributed by atoms with van der Waals surface area (Å²) in [6.07, 6.45) is 4.75. The van der Waals surface area contributed by atoms with Crippen LogP contribution in [0.15, 0.2) is 60.8 Å². The molecule has 3 rings (SSSR count). The van der Waals surface area contributed by atoms with E-state index in [0.717, 1.165) is 10.9 Å². The molecule has 0 spiro atoms. The Balaban J connectivity index is 1.75. The summed E-state index contributed by atoms with van der Waals surface area (Å²) in [5, 5.41) is 6.73. The molecule has 0 aliphatic rings. The molecule has 1 aromatic heterocycles. The molecule has 0 fully saturated rings. The van der Waals surface area contributed by atoms with Crippen molar-refractivity contribution in [1.29, 1.82) is 0 Å². The van der Waals surface area contributed by atoms with Gasteiger partial charge in [0.15, 0.2) is 0 Å². The van der Waals surface area contributed by atoms with Crippen molar-refractivity contribution in [2.75, 3.05) is 12.4 Å². The van der Waals surface area contributed by atoms with Gasteiger partial charge in [-0.1, -0.05) is 29.8 Å². The van der Waals surface area contributed by atoms with Crippen molar-refractivity contribution in [3.05, 3.63) is 77.0 Å².